The van der Waals surface area contributed by atoms with Crippen molar-refractivity contribution in [3.05, 3.63) is 16.6 Å². The smallest absolute Gasteiger partial charge is 0.270 e. The summed E-state index contributed by atoms with van der Waals surface area (Å²) in [5.41, 5.74) is 2.19. The second-order valence-corrected chi connectivity index (χ2v) is 4.18. The van der Waals surface area contributed by atoms with E-state index in [1.54, 1.807) is 22.7 Å². The average Bonchev–Trinajstić information content (AvgIpc) is 2.65. The number of hydrogen-bond acceptors (Lipinski definition) is 4. The highest BCUT2D eigenvalue weighted by molar-refractivity contribution is 7.98. The van der Waals surface area contributed by atoms with E-state index in [-0.39, 0.29) is 5.91 Å². The third kappa shape index (κ3) is 3.78. The molecule has 1 heterocycles. The van der Waals surface area contributed by atoms with E-state index >= 15 is 0 Å². The Morgan fingerprint density at radius 1 is 1.77 bits per heavy atom. The molecule has 0 unspecified atom stereocenters. The minimum Gasteiger partial charge on any atom is -0.351 e. The van der Waals surface area contributed by atoms with Crippen LogP contribution in [0.3, 0.4) is 0 Å². The van der Waals surface area contributed by atoms with Crippen LogP contribution in [0, 0.1) is 0 Å². The molecule has 0 aliphatic carbocycles. The van der Waals surface area contributed by atoms with E-state index < -0.39 is 0 Å². The number of nitrogens with zero attached hydrogens (tertiary/aromatic N) is 1. The van der Waals surface area contributed by atoms with Crippen molar-refractivity contribution >= 4 is 29.0 Å². The van der Waals surface area contributed by atoms with Crippen molar-refractivity contribution in [2.75, 3.05) is 18.6 Å². The number of thiazole rings is 1. The standard InChI is InChI=1S/C8H12N2OS2/c1-12-4-2-3-9-8(11)7-5-13-6-10-7/h5-6H,2-4H2,1H3,(H,9,11). The van der Waals surface area contributed by atoms with E-state index in [9.17, 15) is 4.79 Å². The van der Waals surface area contributed by atoms with Crippen LogP contribution in [0.25, 0.3) is 0 Å². The summed E-state index contributed by atoms with van der Waals surface area (Å²) in [4.78, 5) is 15.2. The quantitative estimate of drug-likeness (QED) is 0.761. The molecule has 1 aromatic heterocycles. The van der Waals surface area contributed by atoms with Gasteiger partial charge in [0.25, 0.3) is 5.91 Å². The Balaban J connectivity index is 2.19. The lowest BCUT2D eigenvalue weighted by molar-refractivity contribution is 0.0949. The molecule has 0 radical (unpaired) electrons. The lowest BCUT2D eigenvalue weighted by Gasteiger charge is -2.00. The Labute approximate surface area is 86.0 Å². The minimum atomic E-state index is -0.0673. The molecule has 5 heteroatoms. The van der Waals surface area contributed by atoms with Crippen molar-refractivity contribution in [2.45, 2.75) is 6.42 Å². The number of carbonyl (C=O) groups excluding carboxylic acids is 1. The second kappa shape index (κ2) is 5.99. The van der Waals surface area contributed by atoms with Gasteiger partial charge in [-0.25, -0.2) is 4.98 Å². The second-order valence-electron chi connectivity index (χ2n) is 2.48. The molecule has 1 amide bonds. The van der Waals surface area contributed by atoms with E-state index in [1.165, 1.54) is 11.3 Å². The number of nitrogens with one attached hydrogen (secondary N) is 1. The predicted molar refractivity (Wildman–Crippen MR) is 57.4 cm³/mol. The number of amides is 1. The monoisotopic (exact) mass is 216 g/mol. The van der Waals surface area contributed by atoms with E-state index in [4.69, 9.17) is 0 Å². The van der Waals surface area contributed by atoms with E-state index in [1.807, 2.05) is 0 Å². The van der Waals surface area contributed by atoms with Gasteiger partial charge in [0.15, 0.2) is 0 Å². The molecule has 0 aliphatic rings. The number of hydrogen-bond donors (Lipinski definition) is 1. The van der Waals surface area contributed by atoms with E-state index in [2.05, 4.69) is 16.6 Å². The molecule has 0 saturated heterocycles. The minimum absolute atomic E-state index is 0.0673. The highest BCUT2D eigenvalue weighted by Crippen LogP contribution is 2.00. The lowest BCUT2D eigenvalue weighted by atomic mass is 10.4. The Kier molecular flexibility index (Phi) is 4.85. The molecule has 0 fully saturated rings. The Morgan fingerprint density at radius 3 is 3.23 bits per heavy atom. The van der Waals surface area contributed by atoms with Crippen molar-refractivity contribution in [3.63, 3.8) is 0 Å². The molecule has 0 atom stereocenters. The number of thioether (sulfide) groups is 1. The first-order valence-electron chi connectivity index (χ1n) is 4.00. The molecule has 72 valence electrons. The van der Waals surface area contributed by atoms with Crippen molar-refractivity contribution in [2.24, 2.45) is 0 Å². The highest BCUT2D eigenvalue weighted by atomic mass is 32.2. The topological polar surface area (TPSA) is 42.0 Å². The lowest BCUT2D eigenvalue weighted by Crippen LogP contribution is -2.24. The summed E-state index contributed by atoms with van der Waals surface area (Å²) in [6.07, 6.45) is 3.07. The van der Waals surface area contributed by atoms with Gasteiger partial charge in [-0.1, -0.05) is 0 Å². The fourth-order valence-corrected chi connectivity index (χ4v) is 1.80. The van der Waals surface area contributed by atoms with Crippen molar-refractivity contribution in [1.29, 1.82) is 0 Å². The normalized spacial score (nSPS) is 9.92. The van der Waals surface area contributed by atoms with Crippen LogP contribution in [0.1, 0.15) is 16.9 Å². The first-order valence-corrected chi connectivity index (χ1v) is 6.33. The molecule has 1 N–H and O–H groups in total. The Hall–Kier alpha value is -0.550. The summed E-state index contributed by atoms with van der Waals surface area (Å²) in [5, 5.41) is 4.57. The zero-order valence-electron chi connectivity index (χ0n) is 7.45. The summed E-state index contributed by atoms with van der Waals surface area (Å²) in [7, 11) is 0. The van der Waals surface area contributed by atoms with Gasteiger partial charge >= 0.3 is 0 Å². The van der Waals surface area contributed by atoms with Gasteiger partial charge in [0.05, 0.1) is 5.51 Å². The van der Waals surface area contributed by atoms with Crippen LogP contribution < -0.4 is 5.32 Å². The molecule has 0 saturated carbocycles. The maximum Gasteiger partial charge on any atom is 0.270 e. The molecule has 1 rings (SSSR count). The summed E-state index contributed by atoms with van der Waals surface area (Å²) < 4.78 is 0. The van der Waals surface area contributed by atoms with Crippen molar-refractivity contribution < 1.29 is 4.79 Å². The molecule has 3 nitrogen and oxygen atoms in total. The van der Waals surface area contributed by atoms with Gasteiger partial charge in [-0.2, -0.15) is 11.8 Å². The average molecular weight is 216 g/mol. The van der Waals surface area contributed by atoms with Gasteiger partial charge in [-0.15, -0.1) is 11.3 Å². The van der Waals surface area contributed by atoms with Crippen molar-refractivity contribution in [3.8, 4) is 0 Å². The molecule has 0 spiro atoms. The van der Waals surface area contributed by atoms with E-state index in [0.29, 0.717) is 5.69 Å². The zero-order chi connectivity index (χ0) is 9.52. The summed E-state index contributed by atoms with van der Waals surface area (Å²) in [5.74, 6) is 1.01. The van der Waals surface area contributed by atoms with Crippen LogP contribution in [-0.4, -0.2) is 29.4 Å². The van der Waals surface area contributed by atoms with Crippen molar-refractivity contribution in [1.82, 2.24) is 10.3 Å². The van der Waals surface area contributed by atoms with Gasteiger partial charge in [-0.3, -0.25) is 4.79 Å². The highest BCUT2D eigenvalue weighted by Gasteiger charge is 2.05. The first-order chi connectivity index (χ1) is 6.34. The number of aromatic nitrogens is 1. The Morgan fingerprint density at radius 2 is 2.62 bits per heavy atom. The third-order valence-electron chi connectivity index (χ3n) is 1.48. The van der Waals surface area contributed by atoms with Gasteiger partial charge in [-0.05, 0) is 18.4 Å². The number of carbonyl (C=O) groups is 1. The van der Waals surface area contributed by atoms with Crippen LogP contribution >= 0.6 is 23.1 Å². The molecule has 0 aliphatic heterocycles. The molecule has 0 bridgehead atoms. The maximum absolute atomic E-state index is 11.3. The summed E-state index contributed by atoms with van der Waals surface area (Å²) >= 11 is 3.22. The van der Waals surface area contributed by atoms with E-state index in [0.717, 1.165) is 18.7 Å². The SMILES string of the molecule is CSCCCNC(=O)c1cscn1. The van der Waals surface area contributed by atoms with Crippen LogP contribution in [0.4, 0.5) is 0 Å². The van der Waals surface area contributed by atoms with Gasteiger partial charge in [0.2, 0.25) is 0 Å². The largest absolute Gasteiger partial charge is 0.351 e. The van der Waals surface area contributed by atoms with Gasteiger partial charge in [0.1, 0.15) is 5.69 Å². The van der Waals surface area contributed by atoms with Crippen LogP contribution in [0.2, 0.25) is 0 Å². The van der Waals surface area contributed by atoms with Gasteiger partial charge in [0, 0.05) is 11.9 Å². The fourth-order valence-electron chi connectivity index (χ4n) is 0.834. The third-order valence-corrected chi connectivity index (χ3v) is 2.76. The molecular weight excluding hydrogens is 204 g/mol. The van der Waals surface area contributed by atoms with Crippen LogP contribution in [0.15, 0.2) is 10.9 Å². The van der Waals surface area contributed by atoms with Crippen LogP contribution in [-0.2, 0) is 0 Å². The summed E-state index contributed by atoms with van der Waals surface area (Å²) in [6, 6.07) is 0. The molecule has 1 aromatic rings. The molecule has 13 heavy (non-hydrogen) atoms. The maximum atomic E-state index is 11.3. The predicted octanol–water partition coefficient (Wildman–Crippen LogP) is 1.63. The molecule has 0 aromatic carbocycles. The summed E-state index contributed by atoms with van der Waals surface area (Å²) in [6.45, 7) is 0.733. The fraction of sp³-hybridized carbons (Fsp3) is 0.500. The van der Waals surface area contributed by atoms with Gasteiger partial charge < -0.3 is 5.32 Å². The Bertz CT molecular complexity index is 249. The zero-order valence-corrected chi connectivity index (χ0v) is 9.08. The molecular formula is C8H12N2OS2. The number of rotatable bonds is 5. The van der Waals surface area contributed by atoms with Crippen LogP contribution in [0.5, 0.6) is 0 Å². The first kappa shape index (κ1) is 10.5.